The summed E-state index contributed by atoms with van der Waals surface area (Å²) in [5.74, 6) is 1.11. The van der Waals surface area contributed by atoms with E-state index in [-0.39, 0.29) is 5.91 Å². The molecule has 29 heavy (non-hydrogen) atoms. The van der Waals surface area contributed by atoms with Crippen molar-refractivity contribution < 1.29 is 14.3 Å². The van der Waals surface area contributed by atoms with E-state index in [0.29, 0.717) is 18.1 Å². The molecule has 0 atom stereocenters. The molecule has 0 aliphatic carbocycles. The summed E-state index contributed by atoms with van der Waals surface area (Å²) >= 11 is 1.57. The van der Waals surface area contributed by atoms with Gasteiger partial charge in [-0.25, -0.2) is 4.98 Å². The van der Waals surface area contributed by atoms with Gasteiger partial charge in [0.2, 0.25) is 5.91 Å². The number of hydrogen-bond donors (Lipinski definition) is 1. The second-order valence-corrected chi connectivity index (χ2v) is 7.15. The predicted octanol–water partition coefficient (Wildman–Crippen LogP) is 4.63. The number of carbonyl (C=O) groups excluding carboxylic acids is 1. The summed E-state index contributed by atoms with van der Waals surface area (Å²) in [6, 6.07) is 13.2. The minimum Gasteiger partial charge on any atom is -0.493 e. The van der Waals surface area contributed by atoms with Gasteiger partial charge in [0.15, 0.2) is 16.7 Å². The molecule has 1 aromatic heterocycles. The molecule has 6 nitrogen and oxygen atoms in total. The Morgan fingerprint density at radius 1 is 1.21 bits per heavy atom. The lowest BCUT2D eigenvalue weighted by atomic mass is 10.2. The summed E-state index contributed by atoms with van der Waals surface area (Å²) in [4.78, 5) is 17.6. The number of nitrogens with one attached hydrogen (secondary N) is 1. The lowest BCUT2D eigenvalue weighted by Crippen LogP contribution is -2.07. The van der Waals surface area contributed by atoms with Crippen molar-refractivity contribution in [1.29, 1.82) is 0 Å². The number of imidazole rings is 1. The summed E-state index contributed by atoms with van der Waals surface area (Å²) in [7, 11) is 3.55. The molecule has 0 unspecified atom stereocenters. The molecule has 3 rings (SSSR count). The summed E-state index contributed by atoms with van der Waals surface area (Å²) < 4.78 is 12.8. The molecular weight excluding hydrogens is 386 g/mol. The highest BCUT2D eigenvalue weighted by Crippen LogP contribution is 2.29. The largest absolute Gasteiger partial charge is 0.493 e. The lowest BCUT2D eigenvalue weighted by Gasteiger charge is -2.09. The monoisotopic (exact) mass is 409 g/mol. The van der Waals surface area contributed by atoms with Crippen LogP contribution < -0.4 is 14.8 Å². The molecule has 0 saturated heterocycles. The second-order valence-electron chi connectivity index (χ2n) is 6.11. The van der Waals surface area contributed by atoms with Crippen molar-refractivity contribution in [2.75, 3.05) is 19.0 Å². The van der Waals surface area contributed by atoms with Crippen LogP contribution in [-0.2, 0) is 11.8 Å². The number of benzene rings is 2. The van der Waals surface area contributed by atoms with Gasteiger partial charge in [0, 0.05) is 36.1 Å². The number of rotatable bonds is 8. The first-order valence-electron chi connectivity index (χ1n) is 9.14. The van der Waals surface area contributed by atoms with Crippen LogP contribution in [0.1, 0.15) is 12.5 Å². The highest BCUT2D eigenvalue weighted by Gasteiger charge is 2.05. The van der Waals surface area contributed by atoms with Crippen LogP contribution in [0, 0.1) is 0 Å². The number of ether oxygens (including phenoxy) is 2. The topological polar surface area (TPSA) is 65.4 Å². The summed E-state index contributed by atoms with van der Waals surface area (Å²) in [5, 5.41) is 3.77. The molecule has 1 amide bonds. The van der Waals surface area contributed by atoms with Crippen LogP contribution in [0.15, 0.2) is 71.0 Å². The molecule has 0 saturated carbocycles. The molecule has 1 heterocycles. The van der Waals surface area contributed by atoms with E-state index < -0.39 is 0 Å². The van der Waals surface area contributed by atoms with Gasteiger partial charge < -0.3 is 19.4 Å². The predicted molar refractivity (Wildman–Crippen MR) is 116 cm³/mol. The fourth-order valence-corrected chi connectivity index (χ4v) is 3.38. The van der Waals surface area contributed by atoms with Gasteiger partial charge in [-0.05, 0) is 55.0 Å². The van der Waals surface area contributed by atoms with E-state index in [0.717, 1.165) is 21.3 Å². The molecular formula is C22H23N3O3S. The van der Waals surface area contributed by atoms with E-state index in [2.05, 4.69) is 10.3 Å². The molecule has 0 bridgehead atoms. The highest BCUT2D eigenvalue weighted by atomic mass is 32.2. The van der Waals surface area contributed by atoms with Crippen molar-refractivity contribution >= 4 is 29.4 Å². The first kappa shape index (κ1) is 20.5. The van der Waals surface area contributed by atoms with E-state index >= 15 is 0 Å². The molecule has 0 aliphatic heterocycles. The zero-order chi connectivity index (χ0) is 20.6. The Kier molecular flexibility index (Phi) is 6.97. The minimum absolute atomic E-state index is 0.205. The van der Waals surface area contributed by atoms with Crippen LogP contribution in [0.4, 0.5) is 5.69 Å². The molecule has 0 aliphatic rings. The molecule has 2 aromatic carbocycles. The minimum atomic E-state index is -0.205. The van der Waals surface area contributed by atoms with E-state index in [1.54, 1.807) is 31.1 Å². The molecule has 0 radical (unpaired) electrons. The SMILES string of the molecule is CCOc1cc(/C=C/C(=O)Nc2ccc(Sc3nccn3C)cc2)ccc1OC. The maximum atomic E-state index is 12.2. The van der Waals surface area contributed by atoms with Crippen LogP contribution >= 0.6 is 11.8 Å². The number of methoxy groups -OCH3 is 1. The summed E-state index contributed by atoms with van der Waals surface area (Å²) in [6.07, 6.45) is 6.91. The first-order chi connectivity index (χ1) is 14.1. The Hall–Kier alpha value is -3.19. The van der Waals surface area contributed by atoms with Crippen LogP contribution in [-0.4, -0.2) is 29.2 Å². The highest BCUT2D eigenvalue weighted by molar-refractivity contribution is 7.99. The zero-order valence-corrected chi connectivity index (χ0v) is 17.4. The molecule has 7 heteroatoms. The van der Waals surface area contributed by atoms with Gasteiger partial charge in [-0.15, -0.1) is 0 Å². The Labute approximate surface area is 174 Å². The third-order valence-corrected chi connectivity index (χ3v) is 5.11. The van der Waals surface area contributed by atoms with Crippen LogP contribution in [0.5, 0.6) is 11.5 Å². The maximum Gasteiger partial charge on any atom is 0.248 e. The van der Waals surface area contributed by atoms with Gasteiger partial charge >= 0.3 is 0 Å². The van der Waals surface area contributed by atoms with Crippen molar-refractivity contribution in [1.82, 2.24) is 9.55 Å². The second kappa shape index (κ2) is 9.84. The van der Waals surface area contributed by atoms with Gasteiger partial charge in [-0.2, -0.15) is 0 Å². The number of aromatic nitrogens is 2. The fourth-order valence-electron chi connectivity index (χ4n) is 2.58. The molecule has 0 spiro atoms. The number of carbonyl (C=O) groups is 1. The standard InChI is InChI=1S/C22H23N3O3S/c1-4-28-20-15-16(5-11-19(20)27-3)6-12-21(26)24-17-7-9-18(10-8-17)29-22-23-13-14-25(22)2/h5-15H,4H2,1-3H3,(H,24,26)/b12-6+. The third kappa shape index (κ3) is 5.65. The van der Waals surface area contributed by atoms with Crippen LogP contribution in [0.2, 0.25) is 0 Å². The van der Waals surface area contributed by atoms with Gasteiger partial charge in [0.1, 0.15) is 0 Å². The Morgan fingerprint density at radius 2 is 2.00 bits per heavy atom. The average Bonchev–Trinajstić information content (AvgIpc) is 3.13. The van der Waals surface area contributed by atoms with Crippen LogP contribution in [0.25, 0.3) is 6.08 Å². The van der Waals surface area contributed by atoms with E-state index in [1.165, 1.54) is 6.08 Å². The molecule has 150 valence electrons. The number of nitrogens with zero attached hydrogens (tertiary/aromatic N) is 2. The normalized spacial score (nSPS) is 10.9. The quantitative estimate of drug-likeness (QED) is 0.550. The van der Waals surface area contributed by atoms with E-state index in [1.807, 2.05) is 67.2 Å². The Balaban J connectivity index is 1.60. The van der Waals surface area contributed by atoms with Gasteiger partial charge in [-0.1, -0.05) is 17.8 Å². The number of hydrogen-bond acceptors (Lipinski definition) is 5. The van der Waals surface area contributed by atoms with E-state index in [4.69, 9.17) is 9.47 Å². The van der Waals surface area contributed by atoms with Gasteiger partial charge in [-0.3, -0.25) is 4.79 Å². The zero-order valence-electron chi connectivity index (χ0n) is 16.6. The fraction of sp³-hybridized carbons (Fsp3) is 0.182. The average molecular weight is 410 g/mol. The Morgan fingerprint density at radius 3 is 2.66 bits per heavy atom. The number of aryl methyl sites for hydroxylation is 1. The van der Waals surface area contributed by atoms with Crippen molar-refractivity contribution in [2.24, 2.45) is 7.05 Å². The van der Waals surface area contributed by atoms with Crippen molar-refractivity contribution in [3.8, 4) is 11.5 Å². The number of amides is 1. The molecule has 1 N–H and O–H groups in total. The van der Waals surface area contributed by atoms with Gasteiger partial charge in [0.05, 0.1) is 13.7 Å². The maximum absolute atomic E-state index is 12.2. The van der Waals surface area contributed by atoms with Crippen molar-refractivity contribution in [3.63, 3.8) is 0 Å². The first-order valence-corrected chi connectivity index (χ1v) is 9.96. The Bertz CT molecular complexity index is 997. The molecule has 0 fully saturated rings. The van der Waals surface area contributed by atoms with Crippen molar-refractivity contribution in [3.05, 3.63) is 66.5 Å². The van der Waals surface area contributed by atoms with Crippen LogP contribution in [0.3, 0.4) is 0 Å². The van der Waals surface area contributed by atoms with E-state index in [9.17, 15) is 4.79 Å². The smallest absolute Gasteiger partial charge is 0.248 e. The lowest BCUT2D eigenvalue weighted by molar-refractivity contribution is -0.111. The van der Waals surface area contributed by atoms with Crippen molar-refractivity contribution in [2.45, 2.75) is 17.0 Å². The summed E-state index contributed by atoms with van der Waals surface area (Å²) in [6.45, 7) is 2.45. The number of anilines is 1. The summed E-state index contributed by atoms with van der Waals surface area (Å²) in [5.41, 5.74) is 1.58. The third-order valence-electron chi connectivity index (χ3n) is 4.02. The molecule has 3 aromatic rings. The van der Waals surface area contributed by atoms with Gasteiger partial charge in [0.25, 0.3) is 0 Å².